The van der Waals surface area contributed by atoms with E-state index in [1.807, 2.05) is 11.8 Å². The van der Waals surface area contributed by atoms with Crippen LogP contribution in [-0.4, -0.2) is 12.8 Å². The highest BCUT2D eigenvalue weighted by molar-refractivity contribution is 7.98. The molecule has 0 aromatic heterocycles. The van der Waals surface area contributed by atoms with Crippen LogP contribution in [0.3, 0.4) is 0 Å². The van der Waals surface area contributed by atoms with Gasteiger partial charge in [-0.2, -0.15) is 0 Å². The van der Waals surface area contributed by atoms with Crippen molar-refractivity contribution in [1.82, 2.24) is 5.32 Å². The van der Waals surface area contributed by atoms with Crippen LogP contribution in [-0.2, 0) is 0 Å². The molecule has 0 saturated carbocycles. The van der Waals surface area contributed by atoms with Gasteiger partial charge in [0, 0.05) is 10.9 Å². The standard InChI is InChI=1S/C17H29NS/c1-5-12-18-17(13-14(6-2)7-3)15-8-10-16(19-4)11-9-15/h8-11,14,17-18H,5-7,12-13H2,1-4H3. The lowest BCUT2D eigenvalue weighted by atomic mass is 9.91. The number of nitrogens with one attached hydrogen (secondary N) is 1. The van der Waals surface area contributed by atoms with E-state index >= 15 is 0 Å². The van der Waals surface area contributed by atoms with Crippen molar-refractivity contribution < 1.29 is 0 Å². The molecule has 108 valence electrons. The molecule has 0 bridgehead atoms. The number of rotatable bonds is 9. The van der Waals surface area contributed by atoms with Crippen molar-refractivity contribution in [1.29, 1.82) is 0 Å². The van der Waals surface area contributed by atoms with Gasteiger partial charge in [0.25, 0.3) is 0 Å². The summed E-state index contributed by atoms with van der Waals surface area (Å²) in [6.45, 7) is 7.96. The smallest absolute Gasteiger partial charge is 0.0322 e. The van der Waals surface area contributed by atoms with Crippen LogP contribution in [0, 0.1) is 5.92 Å². The van der Waals surface area contributed by atoms with Crippen LogP contribution >= 0.6 is 11.8 Å². The van der Waals surface area contributed by atoms with E-state index in [1.54, 1.807) is 0 Å². The summed E-state index contributed by atoms with van der Waals surface area (Å²) in [6.07, 6.45) is 7.15. The van der Waals surface area contributed by atoms with Gasteiger partial charge in [-0.1, -0.05) is 45.7 Å². The fourth-order valence-electron chi connectivity index (χ4n) is 2.45. The molecule has 0 radical (unpaired) electrons. The van der Waals surface area contributed by atoms with Crippen molar-refractivity contribution in [2.75, 3.05) is 12.8 Å². The quantitative estimate of drug-likeness (QED) is 0.618. The summed E-state index contributed by atoms with van der Waals surface area (Å²) in [4.78, 5) is 1.35. The molecule has 0 aliphatic carbocycles. The second kappa shape index (κ2) is 9.44. The Morgan fingerprint density at radius 1 is 1.05 bits per heavy atom. The zero-order chi connectivity index (χ0) is 14.1. The second-order valence-corrected chi connectivity index (χ2v) is 6.08. The maximum Gasteiger partial charge on any atom is 0.0322 e. The zero-order valence-corrected chi connectivity index (χ0v) is 13.7. The van der Waals surface area contributed by atoms with E-state index in [9.17, 15) is 0 Å². The Hall–Kier alpha value is -0.470. The van der Waals surface area contributed by atoms with Gasteiger partial charge in [-0.15, -0.1) is 11.8 Å². The van der Waals surface area contributed by atoms with Crippen molar-refractivity contribution in [2.24, 2.45) is 5.92 Å². The zero-order valence-electron chi connectivity index (χ0n) is 12.9. The molecule has 0 fully saturated rings. The molecule has 1 unspecified atom stereocenters. The minimum atomic E-state index is 0.515. The van der Waals surface area contributed by atoms with Gasteiger partial charge in [0.15, 0.2) is 0 Å². The highest BCUT2D eigenvalue weighted by Crippen LogP contribution is 2.26. The van der Waals surface area contributed by atoms with Crippen LogP contribution in [0.15, 0.2) is 29.2 Å². The van der Waals surface area contributed by atoms with E-state index in [2.05, 4.69) is 56.6 Å². The summed E-state index contributed by atoms with van der Waals surface area (Å²) in [5.74, 6) is 0.828. The minimum Gasteiger partial charge on any atom is -0.310 e. The molecular weight excluding hydrogens is 250 g/mol. The highest BCUT2D eigenvalue weighted by atomic mass is 32.2. The van der Waals surface area contributed by atoms with Crippen molar-refractivity contribution in [3.8, 4) is 0 Å². The first-order valence-electron chi connectivity index (χ1n) is 7.62. The predicted molar refractivity (Wildman–Crippen MR) is 87.9 cm³/mol. The third-order valence-electron chi connectivity index (χ3n) is 3.88. The van der Waals surface area contributed by atoms with Gasteiger partial charge in [-0.3, -0.25) is 0 Å². The van der Waals surface area contributed by atoms with E-state index in [0.29, 0.717) is 6.04 Å². The van der Waals surface area contributed by atoms with Crippen molar-refractivity contribution in [2.45, 2.75) is 57.4 Å². The predicted octanol–water partition coefficient (Wildman–Crippen LogP) is 5.28. The van der Waals surface area contributed by atoms with Crippen LogP contribution < -0.4 is 5.32 Å². The summed E-state index contributed by atoms with van der Waals surface area (Å²) in [6, 6.07) is 9.59. The van der Waals surface area contributed by atoms with E-state index in [1.165, 1.54) is 36.1 Å². The van der Waals surface area contributed by atoms with Crippen LogP contribution in [0.2, 0.25) is 0 Å². The largest absolute Gasteiger partial charge is 0.310 e. The molecule has 1 aromatic carbocycles. The normalized spacial score (nSPS) is 12.9. The SMILES string of the molecule is CCCNC(CC(CC)CC)c1ccc(SC)cc1. The molecule has 0 aliphatic rings. The Labute approximate surface area is 123 Å². The molecule has 1 N–H and O–H groups in total. The number of hydrogen-bond acceptors (Lipinski definition) is 2. The van der Waals surface area contributed by atoms with Gasteiger partial charge < -0.3 is 5.32 Å². The van der Waals surface area contributed by atoms with Gasteiger partial charge >= 0.3 is 0 Å². The third-order valence-corrected chi connectivity index (χ3v) is 4.63. The minimum absolute atomic E-state index is 0.515. The molecule has 1 aromatic rings. The Bertz CT molecular complexity index is 330. The lowest BCUT2D eigenvalue weighted by Gasteiger charge is -2.23. The van der Waals surface area contributed by atoms with Gasteiger partial charge in [0.05, 0.1) is 0 Å². The molecule has 0 aliphatic heterocycles. The van der Waals surface area contributed by atoms with Gasteiger partial charge in [0.1, 0.15) is 0 Å². The van der Waals surface area contributed by atoms with Gasteiger partial charge in [0.2, 0.25) is 0 Å². The summed E-state index contributed by atoms with van der Waals surface area (Å²) in [7, 11) is 0. The monoisotopic (exact) mass is 279 g/mol. The Balaban J connectivity index is 2.75. The maximum atomic E-state index is 3.72. The summed E-state index contributed by atoms with van der Waals surface area (Å²) in [5.41, 5.74) is 1.44. The van der Waals surface area contributed by atoms with Crippen LogP contribution in [0.4, 0.5) is 0 Å². The highest BCUT2D eigenvalue weighted by Gasteiger charge is 2.15. The van der Waals surface area contributed by atoms with Crippen molar-refractivity contribution in [3.63, 3.8) is 0 Å². The van der Waals surface area contributed by atoms with Crippen LogP contribution in [0.25, 0.3) is 0 Å². The lowest BCUT2D eigenvalue weighted by Crippen LogP contribution is -2.24. The first-order chi connectivity index (χ1) is 9.24. The van der Waals surface area contributed by atoms with E-state index in [-0.39, 0.29) is 0 Å². The summed E-state index contributed by atoms with van der Waals surface area (Å²) in [5, 5.41) is 3.72. The lowest BCUT2D eigenvalue weighted by molar-refractivity contribution is 0.371. The number of hydrogen-bond donors (Lipinski definition) is 1. The van der Waals surface area contributed by atoms with E-state index in [0.717, 1.165) is 12.5 Å². The first kappa shape index (κ1) is 16.6. The summed E-state index contributed by atoms with van der Waals surface area (Å²) >= 11 is 1.81. The Morgan fingerprint density at radius 2 is 1.68 bits per heavy atom. The van der Waals surface area contributed by atoms with Crippen molar-refractivity contribution >= 4 is 11.8 Å². The summed E-state index contributed by atoms with van der Waals surface area (Å²) < 4.78 is 0. The molecule has 0 heterocycles. The second-order valence-electron chi connectivity index (χ2n) is 5.20. The first-order valence-corrected chi connectivity index (χ1v) is 8.84. The van der Waals surface area contributed by atoms with E-state index in [4.69, 9.17) is 0 Å². The Morgan fingerprint density at radius 3 is 2.16 bits per heavy atom. The molecule has 19 heavy (non-hydrogen) atoms. The molecule has 1 atom stereocenters. The van der Waals surface area contributed by atoms with Gasteiger partial charge in [-0.25, -0.2) is 0 Å². The van der Waals surface area contributed by atoms with Crippen molar-refractivity contribution in [3.05, 3.63) is 29.8 Å². The van der Waals surface area contributed by atoms with Gasteiger partial charge in [-0.05, 0) is 49.3 Å². The fraction of sp³-hybridized carbons (Fsp3) is 0.647. The molecule has 1 nitrogen and oxygen atoms in total. The average molecular weight is 279 g/mol. The number of benzene rings is 1. The molecule has 2 heteroatoms. The topological polar surface area (TPSA) is 12.0 Å². The molecule has 0 spiro atoms. The Kier molecular flexibility index (Phi) is 8.24. The van der Waals surface area contributed by atoms with E-state index < -0.39 is 0 Å². The van der Waals surface area contributed by atoms with Crippen LogP contribution in [0.5, 0.6) is 0 Å². The molecular formula is C17H29NS. The molecule has 0 amide bonds. The maximum absolute atomic E-state index is 3.72. The molecule has 1 rings (SSSR count). The molecule has 0 saturated heterocycles. The van der Waals surface area contributed by atoms with Crippen LogP contribution in [0.1, 0.15) is 58.1 Å². The average Bonchev–Trinajstić information content (AvgIpc) is 2.48. The number of thioether (sulfide) groups is 1. The fourth-order valence-corrected chi connectivity index (χ4v) is 2.86. The third kappa shape index (κ3) is 5.58.